The molecule has 0 radical (unpaired) electrons. The van der Waals surface area contributed by atoms with Gasteiger partial charge in [0.25, 0.3) is 11.6 Å². The first-order chi connectivity index (χ1) is 10.0. The summed E-state index contributed by atoms with van der Waals surface area (Å²) in [6.45, 7) is 2.76. The van der Waals surface area contributed by atoms with Gasteiger partial charge in [-0.05, 0) is 19.4 Å². The topological polar surface area (TPSA) is 92.5 Å². The minimum Gasteiger partial charge on any atom is -0.394 e. The second kappa shape index (κ2) is 6.30. The number of aliphatic hydroxyl groups is 1. The summed E-state index contributed by atoms with van der Waals surface area (Å²) in [6, 6.07) is 1.66. The van der Waals surface area contributed by atoms with Crippen LogP contribution in [0.3, 0.4) is 0 Å². The third kappa shape index (κ3) is 4.17. The van der Waals surface area contributed by atoms with Gasteiger partial charge in [0.2, 0.25) is 0 Å². The van der Waals surface area contributed by atoms with Crippen LogP contribution in [0.5, 0.6) is 0 Å². The van der Waals surface area contributed by atoms with Gasteiger partial charge in [0.05, 0.1) is 22.6 Å². The summed E-state index contributed by atoms with van der Waals surface area (Å²) in [5.41, 5.74) is -3.63. The van der Waals surface area contributed by atoms with Crippen LogP contribution in [0.15, 0.2) is 18.2 Å². The van der Waals surface area contributed by atoms with Crippen molar-refractivity contribution in [2.75, 3.05) is 6.61 Å². The number of alkyl halides is 3. The largest absolute Gasteiger partial charge is 0.416 e. The Balaban J connectivity index is 3.26. The van der Waals surface area contributed by atoms with Crippen molar-refractivity contribution >= 4 is 11.6 Å². The molecular weight excluding hydrogens is 305 g/mol. The number of aliphatic hydroxyl groups excluding tert-OH is 1. The first kappa shape index (κ1) is 17.9. The summed E-state index contributed by atoms with van der Waals surface area (Å²) in [5.74, 6) is -0.924. The lowest BCUT2D eigenvalue weighted by molar-refractivity contribution is -0.385. The fraction of sp³-hybridized carbons (Fsp3) is 0.462. The van der Waals surface area contributed by atoms with E-state index in [2.05, 4.69) is 5.32 Å². The van der Waals surface area contributed by atoms with Gasteiger partial charge in [-0.1, -0.05) is 6.92 Å². The van der Waals surface area contributed by atoms with Crippen molar-refractivity contribution in [1.82, 2.24) is 5.32 Å². The van der Waals surface area contributed by atoms with Crippen LogP contribution in [0.1, 0.15) is 36.2 Å². The minimum atomic E-state index is -4.81. The van der Waals surface area contributed by atoms with E-state index in [9.17, 15) is 33.2 Å². The monoisotopic (exact) mass is 320 g/mol. The molecule has 1 rings (SSSR count). The Hall–Kier alpha value is -2.16. The van der Waals surface area contributed by atoms with Crippen LogP contribution in [-0.2, 0) is 6.18 Å². The summed E-state index contributed by atoms with van der Waals surface area (Å²) in [4.78, 5) is 21.7. The number of nitrogens with zero attached hydrogens (tertiary/aromatic N) is 1. The van der Waals surface area contributed by atoms with Gasteiger partial charge in [-0.3, -0.25) is 14.9 Å². The Labute approximate surface area is 124 Å². The number of nitrogens with one attached hydrogen (secondary N) is 1. The first-order valence-electron chi connectivity index (χ1n) is 6.32. The van der Waals surface area contributed by atoms with E-state index in [0.717, 1.165) is 6.07 Å². The van der Waals surface area contributed by atoms with Crippen molar-refractivity contribution in [1.29, 1.82) is 0 Å². The zero-order chi connectivity index (χ0) is 17.1. The molecule has 2 N–H and O–H groups in total. The van der Waals surface area contributed by atoms with Crippen LogP contribution < -0.4 is 5.32 Å². The highest BCUT2D eigenvalue weighted by Gasteiger charge is 2.34. The molecule has 0 saturated heterocycles. The lowest BCUT2D eigenvalue weighted by atomic mass is 9.99. The van der Waals surface area contributed by atoms with Crippen molar-refractivity contribution in [2.24, 2.45) is 0 Å². The molecular formula is C13H15F3N2O4. The molecule has 0 aliphatic carbocycles. The van der Waals surface area contributed by atoms with Gasteiger partial charge in [-0.15, -0.1) is 0 Å². The normalized spacial score (nSPS) is 14.3. The van der Waals surface area contributed by atoms with Gasteiger partial charge in [0, 0.05) is 17.7 Å². The van der Waals surface area contributed by atoms with Crippen molar-refractivity contribution < 1.29 is 28.0 Å². The number of benzene rings is 1. The van der Waals surface area contributed by atoms with E-state index < -0.39 is 46.0 Å². The smallest absolute Gasteiger partial charge is 0.394 e. The van der Waals surface area contributed by atoms with E-state index in [1.54, 1.807) is 6.92 Å². The molecule has 0 aromatic heterocycles. The average molecular weight is 320 g/mol. The SMILES string of the molecule is CCC(C)(CO)NC(=O)c1cc([N+](=O)[O-])cc(C(F)(F)F)c1. The van der Waals surface area contributed by atoms with Crippen LogP contribution >= 0.6 is 0 Å². The average Bonchev–Trinajstić information content (AvgIpc) is 2.45. The number of hydrogen-bond donors (Lipinski definition) is 2. The van der Waals surface area contributed by atoms with Crippen LogP contribution in [0.2, 0.25) is 0 Å². The van der Waals surface area contributed by atoms with E-state index in [4.69, 9.17) is 0 Å². The number of non-ortho nitro benzene ring substituents is 1. The Morgan fingerprint density at radius 2 is 1.95 bits per heavy atom. The van der Waals surface area contributed by atoms with Crippen molar-refractivity contribution in [3.63, 3.8) is 0 Å². The molecule has 0 saturated carbocycles. The predicted molar refractivity (Wildman–Crippen MR) is 71.3 cm³/mol. The lowest BCUT2D eigenvalue weighted by Gasteiger charge is -2.27. The lowest BCUT2D eigenvalue weighted by Crippen LogP contribution is -2.48. The van der Waals surface area contributed by atoms with Crippen LogP contribution in [0, 0.1) is 10.1 Å². The number of hydrogen-bond acceptors (Lipinski definition) is 4. The number of amides is 1. The standard InChI is InChI=1S/C13H15F3N2O4/c1-3-12(2,7-19)17-11(20)8-4-9(13(14,15)16)6-10(5-8)18(21)22/h4-6,19H,3,7H2,1-2H3,(H,17,20). The van der Waals surface area contributed by atoms with Crippen LogP contribution in [-0.4, -0.2) is 28.1 Å². The molecule has 22 heavy (non-hydrogen) atoms. The number of carbonyl (C=O) groups excluding carboxylic acids is 1. The molecule has 1 aromatic carbocycles. The third-order valence-electron chi connectivity index (χ3n) is 3.26. The van der Waals surface area contributed by atoms with E-state index >= 15 is 0 Å². The van der Waals surface area contributed by atoms with Crippen LogP contribution in [0.25, 0.3) is 0 Å². The fourth-order valence-electron chi connectivity index (χ4n) is 1.60. The van der Waals surface area contributed by atoms with Gasteiger partial charge in [0.1, 0.15) is 0 Å². The van der Waals surface area contributed by atoms with Crippen molar-refractivity contribution in [3.05, 3.63) is 39.4 Å². The highest BCUT2D eigenvalue weighted by molar-refractivity contribution is 5.95. The fourth-order valence-corrected chi connectivity index (χ4v) is 1.60. The Bertz CT molecular complexity index is 583. The summed E-state index contributed by atoms with van der Waals surface area (Å²) in [6.07, 6.45) is -4.48. The molecule has 0 heterocycles. The second-order valence-electron chi connectivity index (χ2n) is 5.05. The highest BCUT2D eigenvalue weighted by Crippen LogP contribution is 2.32. The molecule has 6 nitrogen and oxygen atoms in total. The van der Waals surface area contributed by atoms with E-state index in [-0.39, 0.29) is 0 Å². The maximum absolute atomic E-state index is 12.8. The molecule has 9 heteroatoms. The van der Waals surface area contributed by atoms with Crippen LogP contribution in [0.4, 0.5) is 18.9 Å². The maximum atomic E-state index is 12.8. The van der Waals surface area contributed by atoms with Gasteiger partial charge in [0.15, 0.2) is 0 Å². The molecule has 1 atom stereocenters. The van der Waals surface area contributed by atoms with E-state index in [0.29, 0.717) is 18.6 Å². The number of nitro groups is 1. The second-order valence-corrected chi connectivity index (χ2v) is 5.05. The summed E-state index contributed by atoms with van der Waals surface area (Å²) in [5, 5.41) is 22.3. The molecule has 0 fully saturated rings. The molecule has 122 valence electrons. The minimum absolute atomic E-state index is 0.330. The Morgan fingerprint density at radius 1 is 1.36 bits per heavy atom. The maximum Gasteiger partial charge on any atom is 0.416 e. The Morgan fingerprint density at radius 3 is 2.36 bits per heavy atom. The molecule has 0 spiro atoms. The summed E-state index contributed by atoms with van der Waals surface area (Å²) in [7, 11) is 0. The number of halogens is 3. The first-order valence-corrected chi connectivity index (χ1v) is 6.32. The van der Waals surface area contributed by atoms with E-state index in [1.165, 1.54) is 6.92 Å². The Kier molecular flexibility index (Phi) is 5.13. The van der Waals surface area contributed by atoms with Gasteiger partial charge in [-0.25, -0.2) is 0 Å². The van der Waals surface area contributed by atoms with E-state index in [1.807, 2.05) is 0 Å². The number of rotatable bonds is 5. The molecule has 1 unspecified atom stereocenters. The quantitative estimate of drug-likeness (QED) is 0.644. The molecule has 0 bridgehead atoms. The highest BCUT2D eigenvalue weighted by atomic mass is 19.4. The van der Waals surface area contributed by atoms with Crippen molar-refractivity contribution in [3.8, 4) is 0 Å². The predicted octanol–water partition coefficient (Wildman–Crippen LogP) is 2.50. The number of carbonyl (C=O) groups is 1. The van der Waals surface area contributed by atoms with Crippen molar-refractivity contribution in [2.45, 2.75) is 32.0 Å². The van der Waals surface area contributed by atoms with Gasteiger partial charge >= 0.3 is 6.18 Å². The molecule has 1 amide bonds. The van der Waals surface area contributed by atoms with Gasteiger partial charge in [-0.2, -0.15) is 13.2 Å². The third-order valence-corrected chi connectivity index (χ3v) is 3.26. The number of nitro benzene ring substituents is 1. The van der Waals surface area contributed by atoms with Gasteiger partial charge < -0.3 is 10.4 Å². The zero-order valence-electron chi connectivity index (χ0n) is 11.9. The molecule has 0 aliphatic rings. The summed E-state index contributed by atoms with van der Waals surface area (Å²) < 4.78 is 38.3. The summed E-state index contributed by atoms with van der Waals surface area (Å²) >= 11 is 0. The molecule has 0 aliphatic heterocycles. The molecule has 1 aromatic rings. The zero-order valence-corrected chi connectivity index (χ0v) is 11.9.